The number of benzene rings is 1. The van der Waals surface area contributed by atoms with Crippen molar-refractivity contribution in [2.75, 3.05) is 6.26 Å². The van der Waals surface area contributed by atoms with Gasteiger partial charge >= 0.3 is 5.51 Å². The highest BCUT2D eigenvalue weighted by Crippen LogP contribution is 2.29. The van der Waals surface area contributed by atoms with Crippen LogP contribution in [0.1, 0.15) is 0 Å². The van der Waals surface area contributed by atoms with E-state index in [9.17, 15) is 13.2 Å². The van der Waals surface area contributed by atoms with Crippen LogP contribution in [0, 0.1) is 0 Å². The van der Waals surface area contributed by atoms with E-state index in [0.717, 1.165) is 0 Å². The lowest BCUT2D eigenvalue weighted by Crippen LogP contribution is -2.22. The van der Waals surface area contributed by atoms with E-state index in [0.29, 0.717) is 4.90 Å². The summed E-state index contributed by atoms with van der Waals surface area (Å²) in [4.78, 5) is 0.338. The molecule has 12 heavy (non-hydrogen) atoms. The topological polar surface area (TPSA) is 0 Å². The quantitative estimate of drug-likeness (QED) is 0.601. The van der Waals surface area contributed by atoms with Gasteiger partial charge in [-0.15, -0.1) is 13.2 Å². The molecule has 0 aliphatic carbocycles. The average molecular weight is 193 g/mol. The summed E-state index contributed by atoms with van der Waals surface area (Å²) < 4.78 is 36.4. The molecule has 0 saturated carbocycles. The van der Waals surface area contributed by atoms with E-state index in [1.54, 1.807) is 18.2 Å². The Labute approximate surface area is 71.7 Å². The molecule has 0 N–H and O–H groups in total. The highest BCUT2D eigenvalue weighted by Gasteiger charge is 2.48. The van der Waals surface area contributed by atoms with Crippen molar-refractivity contribution in [2.45, 2.75) is 10.4 Å². The van der Waals surface area contributed by atoms with E-state index in [-0.39, 0.29) is 0 Å². The lowest BCUT2D eigenvalue weighted by atomic mass is 10.4. The smallest absolute Gasteiger partial charge is 0.122 e. The summed E-state index contributed by atoms with van der Waals surface area (Å²) in [6.07, 6.45) is 1.19. The van der Waals surface area contributed by atoms with Gasteiger partial charge in [-0.3, -0.25) is 0 Å². The van der Waals surface area contributed by atoms with Gasteiger partial charge in [-0.05, 0) is 12.1 Å². The number of rotatable bonds is 1. The first-order chi connectivity index (χ1) is 5.52. The zero-order valence-corrected chi connectivity index (χ0v) is 7.25. The van der Waals surface area contributed by atoms with Crippen molar-refractivity contribution in [3.05, 3.63) is 30.3 Å². The highest BCUT2D eigenvalue weighted by atomic mass is 32.2. The van der Waals surface area contributed by atoms with Gasteiger partial charge in [0.1, 0.15) is 17.2 Å². The first-order valence-corrected chi connectivity index (χ1v) is 4.93. The van der Waals surface area contributed by atoms with Crippen molar-refractivity contribution in [3.63, 3.8) is 0 Å². The zero-order chi connectivity index (χ0) is 9.19. The molecular formula is C8H8F3S+. The molecule has 0 fully saturated rings. The molecule has 0 heterocycles. The number of alkyl halides is 3. The summed E-state index contributed by atoms with van der Waals surface area (Å²) in [5.74, 6) is 0. The summed E-state index contributed by atoms with van der Waals surface area (Å²) >= 11 is 0. The SMILES string of the molecule is C[S+](c1ccccc1)C(F)(F)F. The van der Waals surface area contributed by atoms with Gasteiger partial charge in [-0.25, -0.2) is 0 Å². The molecule has 1 aromatic carbocycles. The predicted octanol–water partition coefficient (Wildman–Crippen LogP) is 2.81. The molecule has 0 aliphatic heterocycles. The standard InChI is InChI=1S/C8H8F3S/c1-12(8(9,10)11)7-5-3-2-4-6-7/h2-6H,1H3/q+1. The fourth-order valence-corrected chi connectivity index (χ4v) is 1.59. The Kier molecular flexibility index (Phi) is 2.67. The fourth-order valence-electron chi connectivity index (χ4n) is 0.758. The van der Waals surface area contributed by atoms with Crippen molar-refractivity contribution in [3.8, 4) is 0 Å². The molecule has 0 radical (unpaired) electrons. The summed E-state index contributed by atoms with van der Waals surface area (Å²) in [5, 5.41) is 0. The molecule has 66 valence electrons. The molecule has 0 amide bonds. The summed E-state index contributed by atoms with van der Waals surface area (Å²) in [6, 6.07) is 7.93. The fraction of sp³-hybridized carbons (Fsp3) is 0.250. The van der Waals surface area contributed by atoms with Crippen LogP contribution < -0.4 is 0 Å². The predicted molar refractivity (Wildman–Crippen MR) is 44.1 cm³/mol. The Balaban J connectivity index is 2.86. The van der Waals surface area contributed by atoms with Crippen molar-refractivity contribution in [1.82, 2.24) is 0 Å². The van der Waals surface area contributed by atoms with Gasteiger partial charge < -0.3 is 0 Å². The molecule has 0 spiro atoms. The third-order valence-corrected chi connectivity index (χ3v) is 3.12. The zero-order valence-electron chi connectivity index (χ0n) is 6.43. The van der Waals surface area contributed by atoms with E-state index >= 15 is 0 Å². The molecule has 1 rings (SSSR count). The third kappa shape index (κ3) is 2.17. The first-order valence-electron chi connectivity index (χ1n) is 3.29. The maximum atomic E-state index is 12.1. The monoisotopic (exact) mass is 193 g/mol. The normalized spacial score (nSPS) is 14.3. The Hall–Kier alpha value is -0.640. The van der Waals surface area contributed by atoms with Gasteiger partial charge in [0.2, 0.25) is 0 Å². The number of hydrogen-bond donors (Lipinski definition) is 0. The van der Waals surface area contributed by atoms with Crippen LogP contribution in [0.25, 0.3) is 0 Å². The van der Waals surface area contributed by atoms with Gasteiger partial charge in [0, 0.05) is 0 Å². The van der Waals surface area contributed by atoms with Gasteiger partial charge in [-0.2, -0.15) is 0 Å². The maximum Gasteiger partial charge on any atom is 0.580 e. The van der Waals surface area contributed by atoms with Gasteiger partial charge in [0.05, 0.1) is 0 Å². The van der Waals surface area contributed by atoms with E-state index < -0.39 is 16.4 Å². The van der Waals surface area contributed by atoms with Crippen LogP contribution in [0.4, 0.5) is 13.2 Å². The van der Waals surface area contributed by atoms with Gasteiger partial charge in [-0.1, -0.05) is 18.2 Å². The maximum absolute atomic E-state index is 12.1. The van der Waals surface area contributed by atoms with Crippen LogP contribution in [-0.2, 0) is 10.9 Å². The Morgan fingerprint density at radius 1 is 1.08 bits per heavy atom. The van der Waals surface area contributed by atoms with Crippen LogP contribution in [0.15, 0.2) is 35.2 Å². The van der Waals surface area contributed by atoms with E-state index in [1.807, 2.05) is 0 Å². The Bertz CT molecular complexity index is 242. The number of hydrogen-bond acceptors (Lipinski definition) is 0. The third-order valence-electron chi connectivity index (χ3n) is 1.44. The average Bonchev–Trinajstić information content (AvgIpc) is 2.03. The van der Waals surface area contributed by atoms with Gasteiger partial charge in [0.15, 0.2) is 4.90 Å². The molecule has 1 aromatic rings. The van der Waals surface area contributed by atoms with Crippen molar-refractivity contribution >= 4 is 10.9 Å². The Morgan fingerprint density at radius 3 is 2.00 bits per heavy atom. The minimum absolute atomic E-state index is 0.338. The lowest BCUT2D eigenvalue weighted by molar-refractivity contribution is -0.0365. The minimum Gasteiger partial charge on any atom is -0.122 e. The van der Waals surface area contributed by atoms with Crippen molar-refractivity contribution in [2.24, 2.45) is 0 Å². The highest BCUT2D eigenvalue weighted by molar-refractivity contribution is 7.97. The molecule has 0 aromatic heterocycles. The largest absolute Gasteiger partial charge is 0.580 e. The van der Waals surface area contributed by atoms with Crippen molar-refractivity contribution < 1.29 is 13.2 Å². The molecule has 4 heteroatoms. The van der Waals surface area contributed by atoms with Crippen molar-refractivity contribution in [1.29, 1.82) is 0 Å². The molecule has 0 bridgehead atoms. The molecular weight excluding hydrogens is 185 g/mol. The number of halogens is 3. The molecule has 0 aliphatic rings. The second kappa shape index (κ2) is 3.39. The summed E-state index contributed by atoms with van der Waals surface area (Å²) in [7, 11) is -1.65. The second-order valence-corrected chi connectivity index (χ2v) is 4.22. The molecule has 0 saturated heterocycles. The summed E-state index contributed by atoms with van der Waals surface area (Å²) in [6.45, 7) is 0. The van der Waals surface area contributed by atoms with Crippen LogP contribution in [0.3, 0.4) is 0 Å². The second-order valence-electron chi connectivity index (χ2n) is 2.27. The Morgan fingerprint density at radius 2 is 1.58 bits per heavy atom. The van der Waals surface area contributed by atoms with E-state index in [4.69, 9.17) is 0 Å². The van der Waals surface area contributed by atoms with Crippen LogP contribution in [0.2, 0.25) is 0 Å². The van der Waals surface area contributed by atoms with Crippen LogP contribution in [0.5, 0.6) is 0 Å². The molecule has 1 unspecified atom stereocenters. The molecule has 0 nitrogen and oxygen atoms in total. The van der Waals surface area contributed by atoms with Crippen LogP contribution >= 0.6 is 0 Å². The summed E-state index contributed by atoms with van der Waals surface area (Å²) in [5.41, 5.74) is -4.11. The minimum atomic E-state index is -4.11. The lowest BCUT2D eigenvalue weighted by Gasteiger charge is -2.04. The molecule has 1 atom stereocenters. The van der Waals surface area contributed by atoms with E-state index in [1.165, 1.54) is 18.4 Å². The van der Waals surface area contributed by atoms with Gasteiger partial charge in [0.25, 0.3) is 0 Å². The first kappa shape index (κ1) is 9.45. The van der Waals surface area contributed by atoms with Crippen LogP contribution in [-0.4, -0.2) is 11.8 Å². The van der Waals surface area contributed by atoms with E-state index in [2.05, 4.69) is 0 Å².